The maximum atomic E-state index is 14.4. The van der Waals surface area contributed by atoms with Crippen LogP contribution in [0.5, 0.6) is 0 Å². The zero-order valence-corrected chi connectivity index (χ0v) is 13.4. The maximum Gasteiger partial charge on any atom is 0.418 e. The number of hydroxylamine groups is 2. The first-order valence-corrected chi connectivity index (χ1v) is 8.89. The lowest BCUT2D eigenvalue weighted by Gasteiger charge is -2.47. The van der Waals surface area contributed by atoms with E-state index in [2.05, 4.69) is 9.60 Å². The third kappa shape index (κ3) is 2.62. The molecular formula is C12H18FN3O7S. The first-order chi connectivity index (χ1) is 11.2. The Labute approximate surface area is 137 Å². The third-order valence-electron chi connectivity index (χ3n) is 5.04. The van der Waals surface area contributed by atoms with Crippen LogP contribution in [0.15, 0.2) is 0 Å². The number of rotatable bonds is 4. The summed E-state index contributed by atoms with van der Waals surface area (Å²) in [7, 11) is -4.93. The summed E-state index contributed by atoms with van der Waals surface area (Å²) >= 11 is 0. The van der Waals surface area contributed by atoms with E-state index in [0.29, 0.717) is 11.6 Å². The van der Waals surface area contributed by atoms with E-state index in [-0.39, 0.29) is 32.4 Å². The van der Waals surface area contributed by atoms with Crippen molar-refractivity contribution in [2.45, 2.75) is 37.0 Å². The molecule has 3 heterocycles. The van der Waals surface area contributed by atoms with E-state index in [1.807, 2.05) is 0 Å². The van der Waals surface area contributed by atoms with Gasteiger partial charge in [0.25, 0.3) is 0 Å². The lowest BCUT2D eigenvalue weighted by atomic mass is 9.72. The average molecular weight is 367 g/mol. The van der Waals surface area contributed by atoms with Gasteiger partial charge in [-0.25, -0.2) is 14.0 Å². The van der Waals surface area contributed by atoms with Gasteiger partial charge in [0.15, 0.2) is 0 Å². The molecule has 0 spiro atoms. The smallest absolute Gasteiger partial charge is 0.418 e. The van der Waals surface area contributed by atoms with Gasteiger partial charge < -0.3 is 15.3 Å². The molecular weight excluding hydrogens is 349 g/mol. The van der Waals surface area contributed by atoms with E-state index in [1.165, 1.54) is 0 Å². The molecule has 3 N–H and O–H groups in total. The Balaban J connectivity index is 1.96. The van der Waals surface area contributed by atoms with Gasteiger partial charge in [-0.1, -0.05) is 0 Å². The summed E-state index contributed by atoms with van der Waals surface area (Å²) in [6.07, 6.45) is -1.18. The second kappa shape index (κ2) is 5.79. The molecule has 3 aliphatic heterocycles. The Morgan fingerprint density at radius 2 is 2.12 bits per heavy atom. The summed E-state index contributed by atoms with van der Waals surface area (Å²) in [4.78, 5) is 25.5. The summed E-state index contributed by atoms with van der Waals surface area (Å²) < 4.78 is 49.3. The third-order valence-corrected chi connectivity index (χ3v) is 5.39. The van der Waals surface area contributed by atoms with Gasteiger partial charge >= 0.3 is 22.4 Å². The number of piperidine rings is 2. The second-order valence-electron chi connectivity index (χ2n) is 6.26. The number of carbonyl (C=O) groups is 2. The number of nitrogens with one attached hydrogen (secondary N) is 1. The SMILES string of the molecule is O=C1N(OS(=O)(=O)O)[C@@H]2CC[C@@](C(=O)O)(C3CNCCC3F)N1C2. The molecule has 2 bridgehead atoms. The van der Waals surface area contributed by atoms with Gasteiger partial charge in [0.1, 0.15) is 11.7 Å². The Kier molecular flexibility index (Phi) is 4.18. The number of carboxylic acid groups (broad SMARTS) is 1. The van der Waals surface area contributed by atoms with Crippen LogP contribution in [0.25, 0.3) is 0 Å². The number of fused-ring (bicyclic) bond motifs is 2. The van der Waals surface area contributed by atoms with Crippen LogP contribution in [0.1, 0.15) is 19.3 Å². The lowest BCUT2D eigenvalue weighted by molar-refractivity contribution is -0.158. The zero-order chi connectivity index (χ0) is 17.7. The van der Waals surface area contributed by atoms with Crippen LogP contribution in [0.4, 0.5) is 9.18 Å². The van der Waals surface area contributed by atoms with Crippen LogP contribution < -0.4 is 5.32 Å². The molecule has 0 aliphatic carbocycles. The number of nitrogens with zero attached hydrogens (tertiary/aromatic N) is 2. The minimum atomic E-state index is -4.93. The molecule has 0 saturated carbocycles. The van der Waals surface area contributed by atoms with Crippen molar-refractivity contribution in [2.24, 2.45) is 5.92 Å². The van der Waals surface area contributed by atoms with Gasteiger partial charge in [-0.3, -0.25) is 4.55 Å². The Hall–Kier alpha value is -1.50. The van der Waals surface area contributed by atoms with Crippen molar-refractivity contribution in [3.05, 3.63) is 0 Å². The highest BCUT2D eigenvalue weighted by Crippen LogP contribution is 2.44. The molecule has 2 unspecified atom stereocenters. The molecule has 24 heavy (non-hydrogen) atoms. The summed E-state index contributed by atoms with van der Waals surface area (Å²) in [5, 5.41) is 13.2. The molecule has 4 atom stereocenters. The second-order valence-corrected chi connectivity index (χ2v) is 7.26. The molecule has 10 nitrogen and oxygen atoms in total. The summed E-state index contributed by atoms with van der Waals surface area (Å²) in [6, 6.07) is -1.73. The summed E-state index contributed by atoms with van der Waals surface area (Å²) in [6.45, 7) is 0.410. The minimum absolute atomic E-state index is 0.0309. The molecule has 12 heteroatoms. The van der Waals surface area contributed by atoms with E-state index in [0.717, 1.165) is 4.90 Å². The largest absolute Gasteiger partial charge is 0.479 e. The number of aliphatic carboxylic acids is 1. The highest BCUT2D eigenvalue weighted by Gasteiger charge is 2.63. The van der Waals surface area contributed by atoms with Gasteiger partial charge in [0, 0.05) is 19.0 Å². The number of hydrogen-bond donors (Lipinski definition) is 3. The van der Waals surface area contributed by atoms with E-state index in [1.54, 1.807) is 0 Å². The van der Waals surface area contributed by atoms with Crippen molar-refractivity contribution < 1.29 is 36.3 Å². The van der Waals surface area contributed by atoms with Crippen molar-refractivity contribution in [3.63, 3.8) is 0 Å². The van der Waals surface area contributed by atoms with E-state index in [4.69, 9.17) is 4.55 Å². The number of carboxylic acids is 1. The zero-order valence-electron chi connectivity index (χ0n) is 12.6. The number of hydrogen-bond acceptors (Lipinski definition) is 6. The van der Waals surface area contributed by atoms with Gasteiger partial charge in [-0.2, -0.15) is 13.5 Å². The van der Waals surface area contributed by atoms with Gasteiger partial charge in [0.2, 0.25) is 0 Å². The normalized spacial score (nSPS) is 36.9. The molecule has 3 rings (SSSR count). The topological polar surface area (TPSA) is 136 Å². The monoisotopic (exact) mass is 367 g/mol. The average Bonchev–Trinajstić information content (AvgIpc) is 2.73. The van der Waals surface area contributed by atoms with Crippen LogP contribution in [0.2, 0.25) is 0 Å². The van der Waals surface area contributed by atoms with Gasteiger partial charge in [0.05, 0.1) is 6.04 Å². The number of amides is 2. The predicted octanol–water partition coefficient (Wildman–Crippen LogP) is -0.608. The fourth-order valence-corrected chi connectivity index (χ4v) is 4.35. The van der Waals surface area contributed by atoms with Crippen molar-refractivity contribution in [1.82, 2.24) is 15.3 Å². The van der Waals surface area contributed by atoms with E-state index < -0.39 is 46.1 Å². The van der Waals surface area contributed by atoms with E-state index in [9.17, 15) is 27.5 Å². The minimum Gasteiger partial charge on any atom is -0.479 e. The van der Waals surface area contributed by atoms with Crippen LogP contribution in [0.3, 0.4) is 0 Å². The lowest BCUT2D eigenvalue weighted by Crippen LogP contribution is -2.66. The fraction of sp³-hybridized carbons (Fsp3) is 0.833. The molecule has 136 valence electrons. The van der Waals surface area contributed by atoms with Crippen LogP contribution in [0, 0.1) is 5.92 Å². The number of urea groups is 1. The van der Waals surface area contributed by atoms with Crippen LogP contribution >= 0.6 is 0 Å². The van der Waals surface area contributed by atoms with Crippen LogP contribution in [-0.2, 0) is 19.5 Å². The highest BCUT2D eigenvalue weighted by molar-refractivity contribution is 7.80. The van der Waals surface area contributed by atoms with Gasteiger partial charge in [-0.05, 0) is 25.8 Å². The number of halogens is 1. The van der Waals surface area contributed by atoms with Gasteiger partial charge in [-0.15, -0.1) is 4.28 Å². The standard InChI is InChI=1S/C12H18FN3O7S/c13-9-2-4-14-5-8(9)12(10(17)18)3-1-7-6-15(12)11(19)16(7)23-24(20,21)22/h7-9,14H,1-6H2,(H,17,18)(H,20,21,22)/t7-,8?,9?,12+/m1/s1. The highest BCUT2D eigenvalue weighted by atomic mass is 32.3. The molecule has 0 aromatic rings. The molecule has 0 aromatic carbocycles. The maximum absolute atomic E-state index is 14.4. The van der Waals surface area contributed by atoms with Crippen molar-refractivity contribution in [3.8, 4) is 0 Å². The first kappa shape index (κ1) is 17.3. The number of carbonyl (C=O) groups excluding carboxylic acids is 1. The van der Waals surface area contributed by atoms with E-state index >= 15 is 0 Å². The Morgan fingerprint density at radius 1 is 1.42 bits per heavy atom. The first-order valence-electron chi connectivity index (χ1n) is 7.53. The molecule has 3 aliphatic rings. The quantitative estimate of drug-likeness (QED) is 0.560. The molecule has 2 amide bonds. The fourth-order valence-electron chi connectivity index (χ4n) is 3.96. The molecule has 0 aromatic heterocycles. The van der Waals surface area contributed by atoms with Crippen molar-refractivity contribution >= 4 is 22.4 Å². The van der Waals surface area contributed by atoms with Crippen molar-refractivity contribution in [2.75, 3.05) is 19.6 Å². The summed E-state index contributed by atoms with van der Waals surface area (Å²) in [5.41, 5.74) is -1.78. The Bertz CT molecular complexity index is 659. The predicted molar refractivity (Wildman–Crippen MR) is 75.8 cm³/mol. The van der Waals surface area contributed by atoms with Crippen LogP contribution in [-0.4, -0.2) is 77.4 Å². The van der Waals surface area contributed by atoms with Crippen molar-refractivity contribution in [1.29, 1.82) is 0 Å². The summed E-state index contributed by atoms with van der Waals surface area (Å²) in [5.74, 6) is -2.29. The molecule has 0 radical (unpaired) electrons. The Morgan fingerprint density at radius 3 is 2.71 bits per heavy atom. The number of alkyl halides is 1. The molecule has 3 fully saturated rings. The molecule has 3 saturated heterocycles.